The van der Waals surface area contributed by atoms with E-state index in [1.165, 1.54) is 5.56 Å². The summed E-state index contributed by atoms with van der Waals surface area (Å²) >= 11 is 0. The van der Waals surface area contributed by atoms with Gasteiger partial charge in [-0.15, -0.1) is 0 Å². The Bertz CT molecular complexity index is 672. The summed E-state index contributed by atoms with van der Waals surface area (Å²) in [5.74, 6) is 0.000897. The standard InChI is InChI=1S/C20H24N2O2/c1-16-7-5-6-10-18(16)20(23)21-11-12-22-13-14-24-19(15-22)17-8-3-2-4-9-17/h2-10,19H,11-15H2,1H3,(H,21,23)/t19-/m1/s1. The molecule has 0 aromatic heterocycles. The van der Waals surface area contributed by atoms with Crippen LogP contribution >= 0.6 is 0 Å². The summed E-state index contributed by atoms with van der Waals surface area (Å²) in [4.78, 5) is 14.6. The van der Waals surface area contributed by atoms with Gasteiger partial charge in [0, 0.05) is 31.7 Å². The minimum absolute atomic E-state index is 0.000897. The molecule has 0 radical (unpaired) electrons. The second-order valence-electron chi connectivity index (χ2n) is 6.14. The molecular formula is C20H24N2O2. The molecular weight excluding hydrogens is 300 g/mol. The Labute approximate surface area is 143 Å². The average molecular weight is 324 g/mol. The van der Waals surface area contributed by atoms with Crippen molar-refractivity contribution in [3.05, 3.63) is 71.3 Å². The highest BCUT2D eigenvalue weighted by Crippen LogP contribution is 2.21. The van der Waals surface area contributed by atoms with Crippen LogP contribution in [0.2, 0.25) is 0 Å². The summed E-state index contributed by atoms with van der Waals surface area (Å²) in [6, 6.07) is 18.0. The molecule has 4 heteroatoms. The highest BCUT2D eigenvalue weighted by molar-refractivity contribution is 5.95. The van der Waals surface area contributed by atoms with E-state index >= 15 is 0 Å². The molecule has 0 saturated carbocycles. The van der Waals surface area contributed by atoms with Crippen molar-refractivity contribution in [3.63, 3.8) is 0 Å². The van der Waals surface area contributed by atoms with E-state index in [1.807, 2.05) is 49.4 Å². The van der Waals surface area contributed by atoms with Gasteiger partial charge in [0.25, 0.3) is 5.91 Å². The van der Waals surface area contributed by atoms with Gasteiger partial charge in [0.2, 0.25) is 0 Å². The molecule has 1 saturated heterocycles. The van der Waals surface area contributed by atoms with Crippen LogP contribution in [0.3, 0.4) is 0 Å². The first-order valence-electron chi connectivity index (χ1n) is 8.47. The van der Waals surface area contributed by atoms with E-state index in [9.17, 15) is 4.79 Å². The number of carbonyl (C=O) groups is 1. The lowest BCUT2D eigenvalue weighted by Gasteiger charge is -2.33. The fourth-order valence-electron chi connectivity index (χ4n) is 3.03. The van der Waals surface area contributed by atoms with Crippen LogP contribution in [-0.4, -0.2) is 43.6 Å². The van der Waals surface area contributed by atoms with Crippen molar-refractivity contribution in [2.45, 2.75) is 13.0 Å². The quantitative estimate of drug-likeness (QED) is 0.919. The van der Waals surface area contributed by atoms with Crippen molar-refractivity contribution in [1.29, 1.82) is 0 Å². The van der Waals surface area contributed by atoms with Crippen molar-refractivity contribution < 1.29 is 9.53 Å². The highest BCUT2D eigenvalue weighted by Gasteiger charge is 2.21. The maximum atomic E-state index is 12.2. The van der Waals surface area contributed by atoms with Gasteiger partial charge < -0.3 is 10.1 Å². The SMILES string of the molecule is Cc1ccccc1C(=O)NCCN1CCO[C@@H](c2ccccc2)C1. The lowest BCUT2D eigenvalue weighted by molar-refractivity contribution is -0.0293. The molecule has 126 valence electrons. The van der Waals surface area contributed by atoms with Gasteiger partial charge in [-0.05, 0) is 24.1 Å². The van der Waals surface area contributed by atoms with Crippen molar-refractivity contribution in [2.75, 3.05) is 32.8 Å². The van der Waals surface area contributed by atoms with Gasteiger partial charge in [-0.3, -0.25) is 9.69 Å². The third-order valence-electron chi connectivity index (χ3n) is 4.43. The fourth-order valence-corrected chi connectivity index (χ4v) is 3.03. The van der Waals surface area contributed by atoms with Crippen LogP contribution in [0, 0.1) is 6.92 Å². The normalized spacial score (nSPS) is 18.3. The van der Waals surface area contributed by atoms with Crippen molar-refractivity contribution in [2.24, 2.45) is 0 Å². The predicted molar refractivity (Wildman–Crippen MR) is 95.1 cm³/mol. The molecule has 1 fully saturated rings. The van der Waals surface area contributed by atoms with Crippen molar-refractivity contribution >= 4 is 5.91 Å². The van der Waals surface area contributed by atoms with Crippen molar-refractivity contribution in [3.8, 4) is 0 Å². The van der Waals surface area contributed by atoms with Gasteiger partial charge in [-0.1, -0.05) is 48.5 Å². The van der Waals surface area contributed by atoms with Gasteiger partial charge in [0.05, 0.1) is 12.7 Å². The molecule has 1 amide bonds. The second-order valence-corrected chi connectivity index (χ2v) is 6.14. The van der Waals surface area contributed by atoms with Gasteiger partial charge >= 0.3 is 0 Å². The van der Waals surface area contributed by atoms with Gasteiger partial charge in [0.1, 0.15) is 0 Å². The number of rotatable bonds is 5. The second kappa shape index (κ2) is 8.08. The van der Waals surface area contributed by atoms with Crippen LogP contribution in [0.25, 0.3) is 0 Å². The summed E-state index contributed by atoms with van der Waals surface area (Å²) in [6.45, 7) is 5.94. The summed E-state index contributed by atoms with van der Waals surface area (Å²) < 4.78 is 5.88. The fraction of sp³-hybridized carbons (Fsp3) is 0.350. The van der Waals surface area contributed by atoms with Gasteiger partial charge in [-0.2, -0.15) is 0 Å². The molecule has 1 N–H and O–H groups in total. The third-order valence-corrected chi connectivity index (χ3v) is 4.43. The topological polar surface area (TPSA) is 41.6 Å². The molecule has 4 nitrogen and oxygen atoms in total. The van der Waals surface area contributed by atoms with E-state index < -0.39 is 0 Å². The Morgan fingerprint density at radius 2 is 1.92 bits per heavy atom. The molecule has 0 spiro atoms. The smallest absolute Gasteiger partial charge is 0.251 e. The number of nitrogens with zero attached hydrogens (tertiary/aromatic N) is 1. The Morgan fingerprint density at radius 1 is 1.17 bits per heavy atom. The number of hydrogen-bond acceptors (Lipinski definition) is 3. The lowest BCUT2D eigenvalue weighted by Crippen LogP contribution is -2.42. The Kier molecular flexibility index (Phi) is 5.62. The molecule has 1 aliphatic rings. The zero-order chi connectivity index (χ0) is 16.8. The number of aryl methyl sites for hydroxylation is 1. The van der Waals surface area contributed by atoms with E-state index in [-0.39, 0.29) is 12.0 Å². The summed E-state index contributed by atoms with van der Waals surface area (Å²) in [5, 5.41) is 3.02. The monoisotopic (exact) mass is 324 g/mol. The number of morpholine rings is 1. The Hall–Kier alpha value is -2.17. The molecule has 0 unspecified atom stereocenters. The maximum absolute atomic E-state index is 12.2. The number of ether oxygens (including phenoxy) is 1. The van der Waals surface area contributed by atoms with Gasteiger partial charge in [0.15, 0.2) is 0 Å². The molecule has 2 aromatic carbocycles. The van der Waals surface area contributed by atoms with Gasteiger partial charge in [-0.25, -0.2) is 0 Å². The van der Waals surface area contributed by atoms with Crippen LogP contribution in [-0.2, 0) is 4.74 Å². The predicted octanol–water partition coefficient (Wildman–Crippen LogP) is 2.80. The van der Waals surface area contributed by atoms with Crippen LogP contribution < -0.4 is 5.32 Å². The largest absolute Gasteiger partial charge is 0.371 e. The molecule has 1 heterocycles. The molecule has 0 bridgehead atoms. The minimum Gasteiger partial charge on any atom is -0.371 e. The summed E-state index contributed by atoms with van der Waals surface area (Å²) in [5.41, 5.74) is 2.97. The van der Waals surface area contributed by atoms with Crippen LogP contribution in [0.15, 0.2) is 54.6 Å². The molecule has 24 heavy (non-hydrogen) atoms. The first kappa shape index (κ1) is 16.7. The summed E-state index contributed by atoms with van der Waals surface area (Å²) in [7, 11) is 0. The Morgan fingerprint density at radius 3 is 2.71 bits per heavy atom. The molecule has 0 aliphatic carbocycles. The van der Waals surface area contributed by atoms with Crippen LogP contribution in [0.5, 0.6) is 0 Å². The van der Waals surface area contributed by atoms with E-state index in [2.05, 4.69) is 22.3 Å². The highest BCUT2D eigenvalue weighted by atomic mass is 16.5. The molecule has 2 aromatic rings. The van der Waals surface area contributed by atoms with E-state index in [0.29, 0.717) is 6.54 Å². The van der Waals surface area contributed by atoms with E-state index in [0.717, 1.165) is 37.4 Å². The minimum atomic E-state index is 0.000897. The lowest BCUT2D eigenvalue weighted by atomic mass is 10.1. The van der Waals surface area contributed by atoms with Crippen LogP contribution in [0.1, 0.15) is 27.6 Å². The number of benzene rings is 2. The van der Waals surface area contributed by atoms with Crippen molar-refractivity contribution in [1.82, 2.24) is 10.2 Å². The number of carbonyl (C=O) groups excluding carboxylic acids is 1. The number of hydrogen-bond donors (Lipinski definition) is 1. The Balaban J connectivity index is 1.48. The zero-order valence-electron chi connectivity index (χ0n) is 14.1. The number of amides is 1. The van der Waals surface area contributed by atoms with E-state index in [4.69, 9.17) is 4.74 Å². The molecule has 1 aliphatic heterocycles. The third kappa shape index (κ3) is 4.22. The maximum Gasteiger partial charge on any atom is 0.251 e. The van der Waals surface area contributed by atoms with Crippen LogP contribution in [0.4, 0.5) is 0 Å². The van der Waals surface area contributed by atoms with E-state index in [1.54, 1.807) is 0 Å². The molecule has 3 rings (SSSR count). The summed E-state index contributed by atoms with van der Waals surface area (Å²) in [6.07, 6.45) is 0.118. The molecule has 1 atom stereocenters. The first-order valence-corrected chi connectivity index (χ1v) is 8.47. The number of nitrogens with one attached hydrogen (secondary N) is 1. The zero-order valence-corrected chi connectivity index (χ0v) is 14.1. The average Bonchev–Trinajstić information content (AvgIpc) is 2.63. The first-order chi connectivity index (χ1) is 11.7.